The molecule has 0 atom stereocenters. The Balaban J connectivity index is 1.75. The molecule has 1 heterocycles. The van der Waals surface area contributed by atoms with Crippen LogP contribution >= 0.6 is 0 Å². The SMILES string of the molecule is Cc1ccc2c(NC(=O)Cc3ccc(S(=O)(=O)C(C)C)cc3)cccc2n1. The van der Waals surface area contributed by atoms with E-state index in [0.29, 0.717) is 5.69 Å². The van der Waals surface area contributed by atoms with Crippen molar-refractivity contribution in [3.63, 3.8) is 0 Å². The second kappa shape index (κ2) is 7.48. The minimum Gasteiger partial charge on any atom is -0.325 e. The normalized spacial score (nSPS) is 11.7. The van der Waals surface area contributed by atoms with E-state index in [-0.39, 0.29) is 17.2 Å². The molecule has 0 saturated heterocycles. The number of sulfone groups is 1. The van der Waals surface area contributed by atoms with Crippen LogP contribution < -0.4 is 5.32 Å². The summed E-state index contributed by atoms with van der Waals surface area (Å²) in [5.41, 5.74) is 3.21. The average molecular weight is 382 g/mol. The summed E-state index contributed by atoms with van der Waals surface area (Å²) in [5, 5.41) is 3.33. The van der Waals surface area contributed by atoms with Gasteiger partial charge in [0.25, 0.3) is 0 Å². The Hall–Kier alpha value is -2.73. The molecule has 3 rings (SSSR count). The number of benzene rings is 2. The Kier molecular flexibility index (Phi) is 5.28. The molecule has 1 N–H and O–H groups in total. The first-order valence-corrected chi connectivity index (χ1v) is 10.3. The monoisotopic (exact) mass is 382 g/mol. The highest BCUT2D eigenvalue weighted by molar-refractivity contribution is 7.92. The van der Waals surface area contributed by atoms with Crippen LogP contribution in [0.4, 0.5) is 5.69 Å². The van der Waals surface area contributed by atoms with E-state index in [1.807, 2.05) is 37.3 Å². The van der Waals surface area contributed by atoms with Gasteiger partial charge in [-0.3, -0.25) is 9.78 Å². The molecule has 27 heavy (non-hydrogen) atoms. The maximum Gasteiger partial charge on any atom is 0.228 e. The fourth-order valence-corrected chi connectivity index (χ4v) is 3.87. The van der Waals surface area contributed by atoms with Gasteiger partial charge in [0.2, 0.25) is 5.91 Å². The first kappa shape index (κ1) is 19.0. The van der Waals surface area contributed by atoms with Crippen LogP contribution in [-0.2, 0) is 21.1 Å². The number of amides is 1. The molecule has 0 fully saturated rings. The third-order valence-electron chi connectivity index (χ3n) is 4.38. The van der Waals surface area contributed by atoms with Gasteiger partial charge in [0.15, 0.2) is 9.84 Å². The van der Waals surface area contributed by atoms with Crippen LogP contribution in [0.2, 0.25) is 0 Å². The second-order valence-electron chi connectivity index (χ2n) is 6.79. The summed E-state index contributed by atoms with van der Waals surface area (Å²) in [6, 6.07) is 15.9. The number of anilines is 1. The van der Waals surface area contributed by atoms with Crippen molar-refractivity contribution in [3.05, 3.63) is 65.9 Å². The van der Waals surface area contributed by atoms with Crippen molar-refractivity contribution < 1.29 is 13.2 Å². The van der Waals surface area contributed by atoms with Gasteiger partial charge in [-0.15, -0.1) is 0 Å². The number of rotatable bonds is 5. The fraction of sp³-hybridized carbons (Fsp3) is 0.238. The molecule has 0 aliphatic heterocycles. The zero-order chi connectivity index (χ0) is 19.6. The van der Waals surface area contributed by atoms with Gasteiger partial charge in [0.05, 0.1) is 27.8 Å². The van der Waals surface area contributed by atoms with Crippen LogP contribution in [0, 0.1) is 6.92 Å². The molecule has 1 amide bonds. The van der Waals surface area contributed by atoms with Crippen LogP contribution in [0.5, 0.6) is 0 Å². The molecule has 6 heteroatoms. The molecule has 0 spiro atoms. The van der Waals surface area contributed by atoms with Gasteiger partial charge in [-0.05, 0) is 62.7 Å². The second-order valence-corrected chi connectivity index (χ2v) is 9.29. The lowest BCUT2D eigenvalue weighted by molar-refractivity contribution is -0.115. The number of aryl methyl sites for hydroxylation is 1. The Morgan fingerprint density at radius 1 is 1.04 bits per heavy atom. The average Bonchev–Trinajstić information content (AvgIpc) is 2.62. The third-order valence-corrected chi connectivity index (χ3v) is 6.55. The van der Waals surface area contributed by atoms with Crippen molar-refractivity contribution in [1.82, 2.24) is 4.98 Å². The number of nitrogens with one attached hydrogen (secondary N) is 1. The molecule has 5 nitrogen and oxygen atoms in total. The lowest BCUT2D eigenvalue weighted by Gasteiger charge is -2.10. The maximum absolute atomic E-state index is 12.4. The van der Waals surface area contributed by atoms with Crippen molar-refractivity contribution in [2.75, 3.05) is 5.32 Å². The molecule has 3 aromatic rings. The summed E-state index contributed by atoms with van der Waals surface area (Å²) >= 11 is 0. The zero-order valence-corrected chi connectivity index (χ0v) is 16.4. The fourth-order valence-electron chi connectivity index (χ4n) is 2.81. The van der Waals surface area contributed by atoms with E-state index < -0.39 is 15.1 Å². The first-order chi connectivity index (χ1) is 12.8. The number of nitrogens with zero attached hydrogens (tertiary/aromatic N) is 1. The summed E-state index contributed by atoms with van der Waals surface area (Å²) < 4.78 is 24.3. The Bertz CT molecular complexity index is 1090. The van der Waals surface area contributed by atoms with Crippen molar-refractivity contribution in [2.24, 2.45) is 0 Å². The number of hydrogen-bond donors (Lipinski definition) is 1. The standard InChI is InChI=1S/C21H22N2O3S/c1-14(2)27(25,26)17-10-8-16(9-11-17)13-21(24)23-20-6-4-5-19-18(20)12-7-15(3)22-19/h4-12,14H,13H2,1-3H3,(H,23,24). The van der Waals surface area contributed by atoms with Crippen molar-refractivity contribution >= 4 is 32.3 Å². The van der Waals surface area contributed by atoms with Gasteiger partial charge in [-0.25, -0.2) is 8.42 Å². The van der Waals surface area contributed by atoms with Gasteiger partial charge >= 0.3 is 0 Å². The molecule has 0 aliphatic carbocycles. The molecule has 1 aromatic heterocycles. The smallest absolute Gasteiger partial charge is 0.228 e. The van der Waals surface area contributed by atoms with E-state index in [9.17, 15) is 13.2 Å². The van der Waals surface area contributed by atoms with E-state index in [4.69, 9.17) is 0 Å². The van der Waals surface area contributed by atoms with E-state index >= 15 is 0 Å². The van der Waals surface area contributed by atoms with Gasteiger partial charge in [0, 0.05) is 11.1 Å². The number of fused-ring (bicyclic) bond motifs is 1. The predicted molar refractivity (Wildman–Crippen MR) is 108 cm³/mol. The molecule has 140 valence electrons. The number of aromatic nitrogens is 1. The van der Waals surface area contributed by atoms with Crippen LogP contribution in [-0.4, -0.2) is 24.6 Å². The molecule has 0 bridgehead atoms. The largest absolute Gasteiger partial charge is 0.325 e. The molecule has 0 saturated carbocycles. The molecule has 0 aliphatic rings. The van der Waals surface area contributed by atoms with Gasteiger partial charge < -0.3 is 5.32 Å². The summed E-state index contributed by atoms with van der Waals surface area (Å²) in [6.07, 6.45) is 0.164. The number of carbonyl (C=O) groups is 1. The van der Waals surface area contributed by atoms with Gasteiger partial charge in [0.1, 0.15) is 0 Å². The number of pyridine rings is 1. The van der Waals surface area contributed by atoms with E-state index in [1.54, 1.807) is 38.1 Å². The maximum atomic E-state index is 12.4. The van der Waals surface area contributed by atoms with Crippen molar-refractivity contribution in [3.8, 4) is 0 Å². The molecule has 0 radical (unpaired) electrons. The van der Waals surface area contributed by atoms with Crippen LogP contribution in [0.25, 0.3) is 10.9 Å². The Labute approximate surface area is 159 Å². The number of hydrogen-bond acceptors (Lipinski definition) is 4. The molecule has 2 aromatic carbocycles. The highest BCUT2D eigenvalue weighted by Crippen LogP contribution is 2.23. The topological polar surface area (TPSA) is 76.1 Å². The Morgan fingerprint density at radius 2 is 1.74 bits per heavy atom. The lowest BCUT2D eigenvalue weighted by Crippen LogP contribution is -2.16. The van der Waals surface area contributed by atoms with Crippen molar-refractivity contribution in [2.45, 2.75) is 37.3 Å². The molecule has 0 unspecified atom stereocenters. The van der Waals surface area contributed by atoms with Crippen molar-refractivity contribution in [1.29, 1.82) is 0 Å². The quantitative estimate of drug-likeness (QED) is 0.726. The first-order valence-electron chi connectivity index (χ1n) is 8.76. The Morgan fingerprint density at radius 3 is 2.41 bits per heavy atom. The van der Waals surface area contributed by atoms with E-state index in [0.717, 1.165) is 22.2 Å². The minimum absolute atomic E-state index is 0.164. The van der Waals surface area contributed by atoms with E-state index in [2.05, 4.69) is 10.3 Å². The number of carbonyl (C=O) groups excluding carboxylic acids is 1. The predicted octanol–water partition coefficient (Wildman–Crippen LogP) is 3.91. The molecular formula is C21H22N2O3S. The van der Waals surface area contributed by atoms with Crippen LogP contribution in [0.15, 0.2) is 59.5 Å². The van der Waals surface area contributed by atoms with Crippen LogP contribution in [0.1, 0.15) is 25.1 Å². The highest BCUT2D eigenvalue weighted by Gasteiger charge is 2.19. The van der Waals surface area contributed by atoms with Crippen LogP contribution in [0.3, 0.4) is 0 Å². The highest BCUT2D eigenvalue weighted by atomic mass is 32.2. The minimum atomic E-state index is -3.31. The zero-order valence-electron chi connectivity index (χ0n) is 15.6. The molecular weight excluding hydrogens is 360 g/mol. The summed E-state index contributed by atoms with van der Waals surface area (Å²) in [7, 11) is -3.31. The third kappa shape index (κ3) is 4.17. The summed E-state index contributed by atoms with van der Waals surface area (Å²) in [4.78, 5) is 17.2. The van der Waals surface area contributed by atoms with E-state index in [1.165, 1.54) is 0 Å². The van der Waals surface area contributed by atoms with Gasteiger partial charge in [-0.1, -0.05) is 18.2 Å². The lowest BCUT2D eigenvalue weighted by atomic mass is 10.1. The summed E-state index contributed by atoms with van der Waals surface area (Å²) in [6.45, 7) is 5.22. The van der Waals surface area contributed by atoms with Gasteiger partial charge in [-0.2, -0.15) is 0 Å². The summed E-state index contributed by atoms with van der Waals surface area (Å²) in [5.74, 6) is -0.164.